The Morgan fingerprint density at radius 2 is 0.740 bits per heavy atom. The van der Waals surface area contributed by atoms with Crippen molar-refractivity contribution in [2.45, 2.75) is 408 Å². The molecule has 16 fully saturated rings. The van der Waals surface area contributed by atoms with E-state index in [0.717, 1.165) is 181 Å². The third-order valence-corrected chi connectivity index (χ3v) is 53.5. The monoisotopic (exact) mass is 1900 g/mol. The number of carbonyl (C=O) groups is 2. The number of aliphatic hydroxyl groups excluding tert-OH is 1. The molecule has 0 amide bonds. The van der Waals surface area contributed by atoms with E-state index in [0.29, 0.717) is 85.5 Å². The van der Waals surface area contributed by atoms with Crippen LogP contribution in [0.1, 0.15) is 380 Å². The van der Waals surface area contributed by atoms with Crippen molar-refractivity contribution in [3.05, 3.63) is 103 Å². The molecule has 16 aliphatic carbocycles. The molecule has 738 valence electrons. The maximum atomic E-state index is 12.5. The van der Waals surface area contributed by atoms with E-state index in [4.69, 9.17) is 0 Å². The first-order chi connectivity index (χ1) is 60.5. The fourth-order valence-corrected chi connectivity index (χ4v) is 42.6. The van der Waals surface area contributed by atoms with Crippen molar-refractivity contribution in [3.8, 4) is 24.2 Å². The average molecular weight is 1900 g/mol. The number of allylic oxidation sites excluding steroid dienone is 2. The van der Waals surface area contributed by atoms with Crippen LogP contribution >= 0.6 is 29.4 Å². The van der Waals surface area contributed by atoms with Gasteiger partial charge in [-0.05, 0) is 444 Å². The Bertz CT molecular complexity index is 4290. The second-order valence-corrected chi connectivity index (χ2v) is 60.6. The first-order valence-corrected chi connectivity index (χ1v) is 59.4. The Labute approximate surface area is 814 Å². The summed E-state index contributed by atoms with van der Waals surface area (Å²) in [5, 5.41) is 54.5. The summed E-state index contributed by atoms with van der Waals surface area (Å²) in [6, 6.07) is 32.7. The zero-order valence-electron chi connectivity index (χ0n) is 86.3. The number of hydrogen-bond acceptors (Lipinski definition) is 7. The summed E-state index contributed by atoms with van der Waals surface area (Å²) in [6.45, 7) is 56.3. The number of ketones is 2. The zero-order valence-corrected chi connectivity index (χ0v) is 89.8. The molecule has 3 aromatic rings. The summed E-state index contributed by atoms with van der Waals surface area (Å²) >= 11 is 4.35. The summed E-state index contributed by atoms with van der Waals surface area (Å²) in [6.07, 6.45) is 46.0. The molecular formula is C121H195BrO7P2. The van der Waals surface area contributed by atoms with Crippen LogP contribution in [0.25, 0.3) is 0 Å². The second kappa shape index (κ2) is 42.0. The molecule has 0 heterocycles. The van der Waals surface area contributed by atoms with Gasteiger partial charge in [-0.15, -0.1) is 32.8 Å². The summed E-state index contributed by atoms with van der Waals surface area (Å²) in [7, 11) is 1.08. The van der Waals surface area contributed by atoms with E-state index in [9.17, 15) is 35.1 Å². The summed E-state index contributed by atoms with van der Waals surface area (Å²) in [5.74, 6) is 25.0. The van der Waals surface area contributed by atoms with Gasteiger partial charge in [0.2, 0.25) is 0 Å². The van der Waals surface area contributed by atoms with E-state index in [-0.39, 0.29) is 31.8 Å². The SMILES string of the molecule is C.C.C#CC.C/C=C1/CC[C@H]2[C@@H]3[C@@H](C)C[C@H]4C[C@](C)(O)CC[C@]4(C)[C@H]3CC[C@]12C.CC#CC.CC(=O)[C@H]1CC[C@H]2[C@@H]3[C@@H](C)C[C@H]4C[C@](C)(O)CC[C@]4(C)[C@H]3CC[C@]12C.CC(O)[C@H]1CC[C@H]2[C@@H]3[C@@H](C)C[C@H]4C[C@](C)(O)CC[C@]4(C)[C@H]3CC[C@]12C.CCP(Br)(c1ccccc1)(c1ccccc1)c1ccccc1.CPC.C[C@@H]1C[C@H]2C[C@](C)(O)CC[C@]2(C)[C@H]2CC[C@]3(C)C(=O)CC[C@H]3[C@H]12. The molecule has 3 aromatic carbocycles. The van der Waals surface area contributed by atoms with E-state index >= 15 is 0 Å². The van der Waals surface area contributed by atoms with E-state index < -0.39 is 27.7 Å². The van der Waals surface area contributed by atoms with Crippen molar-refractivity contribution in [2.24, 2.45) is 174 Å². The van der Waals surface area contributed by atoms with Gasteiger partial charge in [-0.1, -0.05) is 110 Å². The van der Waals surface area contributed by atoms with E-state index in [1.165, 1.54) is 144 Å². The zero-order chi connectivity index (χ0) is 94.7. The van der Waals surface area contributed by atoms with Crippen molar-refractivity contribution in [3.63, 3.8) is 0 Å². The van der Waals surface area contributed by atoms with Gasteiger partial charge in [0.15, 0.2) is 0 Å². The number of hydrogen-bond donors (Lipinski definition) is 5. The fourth-order valence-electron chi connectivity index (χ4n) is 36.1. The molecule has 0 bridgehead atoms. The van der Waals surface area contributed by atoms with Gasteiger partial charge >= 0.3 is 141 Å². The van der Waals surface area contributed by atoms with Crippen LogP contribution in [0.3, 0.4) is 0 Å². The molecule has 16 saturated carbocycles. The number of aliphatic hydroxyl groups is 5. The van der Waals surface area contributed by atoms with Crippen LogP contribution in [-0.4, -0.2) is 85.1 Å². The molecule has 0 spiro atoms. The number of rotatable bonds is 6. The molecule has 35 atom stereocenters. The maximum absolute atomic E-state index is 12.5. The van der Waals surface area contributed by atoms with Crippen LogP contribution in [-0.2, 0) is 9.59 Å². The third kappa shape index (κ3) is 20.4. The van der Waals surface area contributed by atoms with Gasteiger partial charge in [0, 0.05) is 17.8 Å². The molecule has 5 N–H and O–H groups in total. The Morgan fingerprint density at radius 1 is 0.450 bits per heavy atom. The quantitative estimate of drug-likeness (QED) is 0.0942. The van der Waals surface area contributed by atoms with Gasteiger partial charge < -0.3 is 25.5 Å². The second-order valence-electron chi connectivity index (χ2n) is 50.4. The Hall–Kier alpha value is -3.00. The van der Waals surface area contributed by atoms with Gasteiger partial charge in [-0.3, -0.25) is 9.59 Å². The van der Waals surface area contributed by atoms with Gasteiger partial charge in [0.25, 0.3) is 0 Å². The Morgan fingerprint density at radius 3 is 1.06 bits per heavy atom. The number of halogens is 1. The van der Waals surface area contributed by atoms with Crippen molar-refractivity contribution < 1.29 is 35.1 Å². The smallest absolute Gasteiger partial charge is 0.139 e. The molecule has 19 rings (SSSR count). The van der Waals surface area contributed by atoms with Crippen LogP contribution in [0.5, 0.6) is 0 Å². The Kier molecular flexibility index (Phi) is 35.3. The first kappa shape index (κ1) is 110. The van der Waals surface area contributed by atoms with Crippen LogP contribution in [0, 0.1) is 198 Å². The fraction of sp³-hybridized carbons (Fsp3) is 0.785. The standard InChI is InChI=1S/C23H40O2.C23H38O2.C23H38O.C21H34O2.C20H20BrP.C4H6.C3H4.C2H7P.2CH4/c2*1-14-12-16-13-21(3,25)10-11-22(16,4)19-8-9-23(5)17(15(2)24)6-7-18(23)20(14)19;1-6-16-7-8-18-20-15(2)13-17-14-21(3,24)11-12-23(17,5)19(20)9-10-22(16,18)4;1-13-11-14-12-19(2,23)9-10-20(14,3)16-7-8-21(4)15(18(13)16)5-6-17(21)22;1-2-22(21,18-12-6-3-7-13-18,19-14-8-4-9-15-19)20-16-10-5-11-17-20;1-3-4-2;2*1-3-2;;/h14-20,24-25H,6-13H2,1-5H3;14,16-20,25H,6-13H2,1-5H3;6,15,17-20,24H,7-14H2,1-5H3;13-16,18,23H,5-12H2,1-4H3;3-17H,2H2,1H3;1-2H3;1H,2H3;3H,1-2H3;2*1H4/b;;16-6-;;;;;;;/t14-,15?,16-,17+,18-,19-,20-,21+,22-,23+;14-,16-,17+,18-,19-,20-,21+,22-,23+;15-,17-,18-,19-,20-,21+,22+,23-;13-,14+,15+,16+,18+,19-,20+,21+;;;;;;/m0001....../s1. The molecule has 0 aromatic heterocycles. The number of carbonyl (C=O) groups excluding carboxylic acids is 2. The van der Waals surface area contributed by atoms with E-state index in [1.807, 2.05) is 34.6 Å². The third-order valence-electron chi connectivity index (χ3n) is 43.0. The Balaban J connectivity index is 0.000000165. The molecule has 131 heavy (non-hydrogen) atoms. The molecule has 0 saturated heterocycles. The minimum absolute atomic E-state index is 0. The molecule has 16 aliphatic rings. The normalized spacial score (nSPS) is 46.2. The largest absolute Gasteiger partial charge is 0.390 e. The van der Waals surface area contributed by atoms with Crippen LogP contribution in [0.15, 0.2) is 103 Å². The summed E-state index contributed by atoms with van der Waals surface area (Å²) in [5.41, 5.74) is 2.82. The summed E-state index contributed by atoms with van der Waals surface area (Å²) < 4.78 is 0. The van der Waals surface area contributed by atoms with Crippen LogP contribution in [0.4, 0.5) is 0 Å². The number of fused-ring (bicyclic) bond motifs is 20. The van der Waals surface area contributed by atoms with E-state index in [1.54, 1.807) is 12.5 Å². The molecular weight excluding hydrogens is 1710 g/mol. The summed E-state index contributed by atoms with van der Waals surface area (Å²) in [4.78, 5) is 24.8. The van der Waals surface area contributed by atoms with Gasteiger partial charge in [0.1, 0.15) is 11.6 Å². The molecule has 0 radical (unpaired) electrons. The van der Waals surface area contributed by atoms with E-state index in [2.05, 4.69) is 268 Å². The van der Waals surface area contributed by atoms with Gasteiger partial charge in [-0.2, -0.15) is 0 Å². The van der Waals surface area contributed by atoms with Crippen molar-refractivity contribution >= 4 is 56.9 Å². The first-order valence-electron chi connectivity index (χ1n) is 53.0. The van der Waals surface area contributed by atoms with Crippen LogP contribution in [0.2, 0.25) is 0 Å². The van der Waals surface area contributed by atoms with Crippen molar-refractivity contribution in [1.82, 2.24) is 0 Å². The average Bonchev–Trinajstić information content (AvgIpc) is 1.72. The number of benzene rings is 3. The minimum Gasteiger partial charge on any atom is -0.390 e. The topological polar surface area (TPSA) is 135 Å². The van der Waals surface area contributed by atoms with Gasteiger partial charge in [0.05, 0.1) is 28.5 Å². The molecule has 10 heteroatoms. The predicted molar refractivity (Wildman–Crippen MR) is 568 cm³/mol. The van der Waals surface area contributed by atoms with Crippen molar-refractivity contribution in [2.75, 3.05) is 19.5 Å². The predicted octanol–water partition coefficient (Wildman–Crippen LogP) is 29.5. The maximum Gasteiger partial charge on any atom is 0.139 e. The number of terminal acetylenes is 1. The number of Topliss-reactive ketones (excluding diaryl/α,β-unsaturated/α-hetero) is 2. The van der Waals surface area contributed by atoms with Crippen molar-refractivity contribution in [1.29, 1.82) is 0 Å². The molecule has 1 unspecified atom stereocenters. The van der Waals surface area contributed by atoms with Crippen LogP contribution < -0.4 is 15.9 Å². The van der Waals surface area contributed by atoms with Gasteiger partial charge in [-0.25, -0.2) is 0 Å². The molecule has 0 aliphatic heterocycles. The molecule has 7 nitrogen and oxygen atoms in total. The minimum atomic E-state index is -2.59.